The van der Waals surface area contributed by atoms with Crippen LogP contribution in [0, 0.1) is 0 Å². The highest BCUT2D eigenvalue weighted by molar-refractivity contribution is 8.00. The van der Waals surface area contributed by atoms with E-state index in [0.29, 0.717) is 12.3 Å². The van der Waals surface area contributed by atoms with Gasteiger partial charge in [0.05, 0.1) is 11.3 Å². The van der Waals surface area contributed by atoms with Crippen LogP contribution in [0.5, 0.6) is 0 Å². The predicted molar refractivity (Wildman–Crippen MR) is 103 cm³/mol. The number of thioether (sulfide) groups is 1. The predicted octanol–water partition coefficient (Wildman–Crippen LogP) is 3.99. The van der Waals surface area contributed by atoms with Crippen molar-refractivity contribution >= 4 is 28.6 Å². The van der Waals surface area contributed by atoms with Crippen LogP contribution in [0.2, 0.25) is 0 Å². The minimum atomic E-state index is 0.00795. The Morgan fingerprint density at radius 1 is 1.04 bits per heavy atom. The molecule has 0 saturated heterocycles. The van der Waals surface area contributed by atoms with E-state index >= 15 is 0 Å². The van der Waals surface area contributed by atoms with E-state index in [-0.39, 0.29) is 5.91 Å². The maximum atomic E-state index is 12.2. The van der Waals surface area contributed by atoms with Crippen molar-refractivity contribution in [1.29, 1.82) is 0 Å². The van der Waals surface area contributed by atoms with Gasteiger partial charge in [-0.3, -0.25) is 4.79 Å². The number of fused-ring (bicyclic) bond motifs is 1. The molecule has 0 aliphatic heterocycles. The summed E-state index contributed by atoms with van der Waals surface area (Å²) in [6, 6.07) is 17.9. The smallest absolute Gasteiger partial charge is 0.230 e. The van der Waals surface area contributed by atoms with Gasteiger partial charge in [0.15, 0.2) is 0 Å². The number of para-hydroxylation sites is 1. The molecule has 1 heterocycles. The molecule has 0 radical (unpaired) electrons. The Bertz CT molecular complexity index is 852. The van der Waals surface area contributed by atoms with Gasteiger partial charge in [-0.15, -0.1) is 0 Å². The molecule has 0 bridgehead atoms. The molecule has 3 aromatic rings. The summed E-state index contributed by atoms with van der Waals surface area (Å²) in [5.41, 5.74) is 2.03. The van der Waals surface area contributed by atoms with E-state index in [9.17, 15) is 4.79 Å². The first kappa shape index (κ1) is 17.4. The lowest BCUT2D eigenvalue weighted by Gasteiger charge is -2.08. The van der Waals surface area contributed by atoms with Crippen molar-refractivity contribution in [1.82, 2.24) is 15.3 Å². The normalized spacial score (nSPS) is 10.8. The lowest BCUT2D eigenvalue weighted by Crippen LogP contribution is -2.24. The molecule has 1 aromatic heterocycles. The zero-order chi connectivity index (χ0) is 17.5. The molecule has 0 fully saturated rings. The molecular formula is C20H21N3OS. The van der Waals surface area contributed by atoms with Gasteiger partial charge in [0.25, 0.3) is 0 Å². The molecule has 3 rings (SSSR count). The van der Waals surface area contributed by atoms with E-state index in [1.54, 1.807) is 0 Å². The maximum absolute atomic E-state index is 12.2. The number of nitrogens with zero attached hydrogens (tertiary/aromatic N) is 2. The first-order chi connectivity index (χ1) is 12.3. The van der Waals surface area contributed by atoms with E-state index in [1.807, 2.05) is 54.6 Å². The largest absolute Gasteiger partial charge is 0.351 e. The van der Waals surface area contributed by atoms with E-state index in [4.69, 9.17) is 0 Å². The molecule has 1 N–H and O–H groups in total. The highest BCUT2D eigenvalue weighted by Gasteiger charge is 2.10. The summed E-state index contributed by atoms with van der Waals surface area (Å²) < 4.78 is 0. The van der Waals surface area contributed by atoms with Gasteiger partial charge in [-0.25, -0.2) is 9.97 Å². The van der Waals surface area contributed by atoms with Crippen molar-refractivity contribution in [3.63, 3.8) is 0 Å². The molecule has 128 valence electrons. The number of amides is 1. The van der Waals surface area contributed by atoms with Gasteiger partial charge < -0.3 is 5.32 Å². The third-order valence-electron chi connectivity index (χ3n) is 3.76. The van der Waals surface area contributed by atoms with Crippen LogP contribution in [-0.2, 0) is 17.8 Å². The van der Waals surface area contributed by atoms with Crippen LogP contribution in [0.4, 0.5) is 0 Å². The standard InChI is InChI=1S/C20H21N3OS/c1-2-8-18-22-17-12-7-6-11-16(17)20(23-18)25-14-19(24)21-13-15-9-4-3-5-10-15/h3-7,9-12H,2,8,13-14H2,1H3,(H,21,24). The third-order valence-corrected chi connectivity index (χ3v) is 4.75. The summed E-state index contributed by atoms with van der Waals surface area (Å²) in [5, 5.41) is 4.84. The number of hydrogen-bond acceptors (Lipinski definition) is 4. The van der Waals surface area contributed by atoms with Crippen LogP contribution >= 0.6 is 11.8 Å². The molecule has 1 amide bonds. The van der Waals surface area contributed by atoms with Gasteiger partial charge in [-0.1, -0.05) is 67.2 Å². The van der Waals surface area contributed by atoms with Crippen LogP contribution < -0.4 is 5.32 Å². The summed E-state index contributed by atoms with van der Waals surface area (Å²) >= 11 is 1.47. The molecule has 0 aliphatic carbocycles. The summed E-state index contributed by atoms with van der Waals surface area (Å²) in [5.74, 6) is 1.20. The molecule has 2 aromatic carbocycles. The molecule has 0 saturated carbocycles. The molecule has 25 heavy (non-hydrogen) atoms. The number of aryl methyl sites for hydroxylation is 1. The molecule has 0 aliphatic rings. The minimum Gasteiger partial charge on any atom is -0.351 e. The fourth-order valence-corrected chi connectivity index (χ4v) is 3.39. The van der Waals surface area contributed by atoms with Crippen molar-refractivity contribution in [2.45, 2.75) is 31.3 Å². The number of hydrogen-bond donors (Lipinski definition) is 1. The number of aromatic nitrogens is 2. The summed E-state index contributed by atoms with van der Waals surface area (Å²) in [6.07, 6.45) is 1.85. The Hall–Kier alpha value is -2.40. The maximum Gasteiger partial charge on any atom is 0.230 e. The van der Waals surface area contributed by atoms with Crippen molar-refractivity contribution in [2.24, 2.45) is 0 Å². The summed E-state index contributed by atoms with van der Waals surface area (Å²) in [7, 11) is 0. The summed E-state index contributed by atoms with van der Waals surface area (Å²) in [4.78, 5) is 21.4. The number of nitrogens with one attached hydrogen (secondary N) is 1. The van der Waals surface area contributed by atoms with Crippen LogP contribution in [0.15, 0.2) is 59.6 Å². The fourth-order valence-electron chi connectivity index (χ4n) is 2.52. The van der Waals surface area contributed by atoms with Gasteiger partial charge in [0.2, 0.25) is 5.91 Å². The SMILES string of the molecule is CCCc1nc(SCC(=O)NCc2ccccc2)c2ccccc2n1. The van der Waals surface area contributed by atoms with Crippen molar-refractivity contribution < 1.29 is 4.79 Å². The second-order valence-corrected chi connectivity index (χ2v) is 6.73. The zero-order valence-electron chi connectivity index (χ0n) is 14.2. The third kappa shape index (κ3) is 4.79. The highest BCUT2D eigenvalue weighted by Crippen LogP contribution is 2.25. The van der Waals surface area contributed by atoms with Crippen molar-refractivity contribution in [3.8, 4) is 0 Å². The number of rotatable bonds is 7. The van der Waals surface area contributed by atoms with Gasteiger partial charge in [0.1, 0.15) is 10.9 Å². The average molecular weight is 351 g/mol. The van der Waals surface area contributed by atoms with Gasteiger partial charge in [-0.2, -0.15) is 0 Å². The van der Waals surface area contributed by atoms with E-state index in [0.717, 1.165) is 40.2 Å². The van der Waals surface area contributed by atoms with Crippen molar-refractivity contribution in [2.75, 3.05) is 5.75 Å². The Morgan fingerprint density at radius 3 is 2.60 bits per heavy atom. The van der Waals surface area contributed by atoms with Crippen LogP contribution in [0.1, 0.15) is 24.7 Å². The molecule has 4 nitrogen and oxygen atoms in total. The monoisotopic (exact) mass is 351 g/mol. The summed E-state index contributed by atoms with van der Waals surface area (Å²) in [6.45, 7) is 2.66. The molecule has 0 atom stereocenters. The van der Waals surface area contributed by atoms with Crippen molar-refractivity contribution in [3.05, 3.63) is 66.0 Å². The second-order valence-electron chi connectivity index (χ2n) is 5.76. The van der Waals surface area contributed by atoms with Gasteiger partial charge >= 0.3 is 0 Å². The molecule has 0 unspecified atom stereocenters. The number of benzene rings is 2. The first-order valence-corrected chi connectivity index (χ1v) is 9.44. The number of carbonyl (C=O) groups is 1. The quantitative estimate of drug-likeness (QED) is 0.516. The van der Waals surface area contributed by atoms with E-state index in [2.05, 4.69) is 22.2 Å². The molecule has 0 spiro atoms. The van der Waals surface area contributed by atoms with Gasteiger partial charge in [-0.05, 0) is 18.1 Å². The topological polar surface area (TPSA) is 54.9 Å². The van der Waals surface area contributed by atoms with E-state index in [1.165, 1.54) is 11.8 Å². The Labute approximate surface area is 152 Å². The second kappa shape index (κ2) is 8.62. The first-order valence-electron chi connectivity index (χ1n) is 8.45. The zero-order valence-corrected chi connectivity index (χ0v) is 15.1. The molecule has 5 heteroatoms. The van der Waals surface area contributed by atoms with Crippen LogP contribution in [0.3, 0.4) is 0 Å². The lowest BCUT2D eigenvalue weighted by atomic mass is 10.2. The Morgan fingerprint density at radius 2 is 1.80 bits per heavy atom. The van der Waals surface area contributed by atoms with Crippen LogP contribution in [0.25, 0.3) is 10.9 Å². The average Bonchev–Trinajstić information content (AvgIpc) is 2.65. The Kier molecular flexibility index (Phi) is 6.01. The lowest BCUT2D eigenvalue weighted by molar-refractivity contribution is -0.118. The Balaban J connectivity index is 1.66. The van der Waals surface area contributed by atoms with Gasteiger partial charge in [0, 0.05) is 18.4 Å². The van der Waals surface area contributed by atoms with E-state index < -0.39 is 0 Å². The minimum absolute atomic E-state index is 0.00795. The fraction of sp³-hybridized carbons (Fsp3) is 0.250. The highest BCUT2D eigenvalue weighted by atomic mass is 32.2. The van der Waals surface area contributed by atoms with Crippen LogP contribution in [-0.4, -0.2) is 21.6 Å². The molecular weight excluding hydrogens is 330 g/mol. The number of carbonyl (C=O) groups excluding carboxylic acids is 1.